The van der Waals surface area contributed by atoms with E-state index in [0.717, 1.165) is 16.6 Å². The number of benzene rings is 1. The first-order chi connectivity index (χ1) is 6.92. The van der Waals surface area contributed by atoms with Crippen LogP contribution in [0.2, 0.25) is 0 Å². The molecule has 1 heterocycles. The van der Waals surface area contributed by atoms with Crippen LogP contribution in [-0.2, 0) is 0 Å². The Morgan fingerprint density at radius 3 is 3.21 bits per heavy atom. The molecular weight excluding hydrogens is 176 g/mol. The van der Waals surface area contributed by atoms with Crippen LogP contribution >= 0.6 is 0 Å². The van der Waals surface area contributed by atoms with Crippen molar-refractivity contribution in [1.29, 1.82) is 0 Å². The molecule has 0 aliphatic heterocycles. The topological polar surface area (TPSA) is 48.9 Å². The number of hydrogen-bond donors (Lipinski definition) is 2. The zero-order valence-electron chi connectivity index (χ0n) is 7.77. The maximum atomic E-state index is 8.64. The number of aliphatic hydroxyl groups is 1. The number of nitrogens with zero attached hydrogens (tertiary/aromatic N) is 1. The monoisotopic (exact) mass is 188 g/mol. The van der Waals surface area contributed by atoms with Gasteiger partial charge in [0.05, 0.1) is 17.4 Å². The highest BCUT2D eigenvalue weighted by atomic mass is 16.2. The summed E-state index contributed by atoms with van der Waals surface area (Å²) in [7, 11) is 0. The lowest BCUT2D eigenvalue weighted by Gasteiger charge is -1.94. The van der Waals surface area contributed by atoms with Gasteiger partial charge in [-0.15, -0.1) is 0 Å². The third kappa shape index (κ3) is 1.67. The largest absolute Gasteiger partial charge is 0.396 e. The Morgan fingerprint density at radius 1 is 1.43 bits per heavy atom. The van der Waals surface area contributed by atoms with Crippen LogP contribution in [0, 0.1) is 0 Å². The first kappa shape index (κ1) is 8.97. The summed E-state index contributed by atoms with van der Waals surface area (Å²) in [5.41, 5.74) is 3.09. The molecule has 0 saturated heterocycles. The van der Waals surface area contributed by atoms with Gasteiger partial charge >= 0.3 is 0 Å². The minimum absolute atomic E-state index is 0.188. The molecule has 0 aliphatic carbocycles. The Balaban J connectivity index is 2.36. The lowest BCUT2D eigenvalue weighted by molar-refractivity contribution is 0.303. The number of hydrogen-bond acceptors (Lipinski definition) is 2. The number of aromatic amines is 1. The minimum Gasteiger partial charge on any atom is -0.396 e. The van der Waals surface area contributed by atoms with Crippen molar-refractivity contribution in [2.45, 2.75) is 6.42 Å². The van der Waals surface area contributed by atoms with Crippen molar-refractivity contribution in [2.24, 2.45) is 0 Å². The van der Waals surface area contributed by atoms with Crippen LogP contribution in [0.15, 0.2) is 30.6 Å². The van der Waals surface area contributed by atoms with Gasteiger partial charge in [-0.3, -0.25) is 0 Å². The number of aromatic nitrogens is 2. The van der Waals surface area contributed by atoms with Crippen molar-refractivity contribution >= 4 is 17.1 Å². The van der Waals surface area contributed by atoms with Crippen LogP contribution in [0.1, 0.15) is 12.0 Å². The normalized spacial score (nSPS) is 11.5. The average molecular weight is 188 g/mol. The van der Waals surface area contributed by atoms with E-state index in [2.05, 4.69) is 9.97 Å². The third-order valence-electron chi connectivity index (χ3n) is 2.07. The summed E-state index contributed by atoms with van der Waals surface area (Å²) in [6, 6.07) is 5.99. The van der Waals surface area contributed by atoms with Crippen LogP contribution < -0.4 is 0 Å². The Hall–Kier alpha value is -1.61. The van der Waals surface area contributed by atoms with Crippen molar-refractivity contribution in [3.63, 3.8) is 0 Å². The average Bonchev–Trinajstić information content (AvgIpc) is 2.67. The predicted molar refractivity (Wildman–Crippen MR) is 56.8 cm³/mol. The van der Waals surface area contributed by atoms with Gasteiger partial charge < -0.3 is 10.1 Å². The highest BCUT2D eigenvalue weighted by Gasteiger charge is 1.98. The Morgan fingerprint density at radius 2 is 2.36 bits per heavy atom. The first-order valence-corrected chi connectivity index (χ1v) is 4.61. The Labute approximate surface area is 82.1 Å². The molecule has 2 aromatic rings. The van der Waals surface area contributed by atoms with Gasteiger partial charge in [0.15, 0.2) is 0 Å². The van der Waals surface area contributed by atoms with Gasteiger partial charge in [-0.1, -0.05) is 24.3 Å². The summed E-state index contributed by atoms with van der Waals surface area (Å²) in [6.07, 6.45) is 6.30. The van der Waals surface area contributed by atoms with Gasteiger partial charge in [-0.05, 0) is 12.5 Å². The third-order valence-corrected chi connectivity index (χ3v) is 2.07. The summed E-state index contributed by atoms with van der Waals surface area (Å²) < 4.78 is 0. The molecule has 2 rings (SSSR count). The van der Waals surface area contributed by atoms with Gasteiger partial charge in [-0.2, -0.15) is 0 Å². The van der Waals surface area contributed by atoms with Crippen LogP contribution in [0.3, 0.4) is 0 Å². The van der Waals surface area contributed by atoms with E-state index in [1.807, 2.05) is 30.4 Å². The quantitative estimate of drug-likeness (QED) is 0.773. The molecule has 0 spiro atoms. The van der Waals surface area contributed by atoms with E-state index < -0.39 is 0 Å². The number of aliphatic hydroxyl groups excluding tert-OH is 1. The molecule has 0 amide bonds. The van der Waals surface area contributed by atoms with Gasteiger partial charge in [0.25, 0.3) is 0 Å². The number of fused-ring (bicyclic) bond motifs is 1. The number of H-pyrrole nitrogens is 1. The summed E-state index contributed by atoms with van der Waals surface area (Å²) in [5.74, 6) is 0. The van der Waals surface area contributed by atoms with Crippen LogP contribution in [0.4, 0.5) is 0 Å². The molecule has 1 aromatic heterocycles. The highest BCUT2D eigenvalue weighted by Crippen LogP contribution is 2.15. The zero-order chi connectivity index (χ0) is 9.80. The van der Waals surface area contributed by atoms with Gasteiger partial charge in [0.2, 0.25) is 0 Å². The SMILES string of the molecule is OCCC=Cc1cccc2[nH]cnc12. The minimum atomic E-state index is 0.188. The van der Waals surface area contributed by atoms with Crippen molar-refractivity contribution in [1.82, 2.24) is 9.97 Å². The van der Waals surface area contributed by atoms with E-state index >= 15 is 0 Å². The molecule has 0 radical (unpaired) electrons. The molecule has 0 saturated carbocycles. The van der Waals surface area contributed by atoms with E-state index in [-0.39, 0.29) is 6.61 Å². The van der Waals surface area contributed by atoms with Crippen molar-refractivity contribution in [2.75, 3.05) is 6.61 Å². The molecule has 0 unspecified atom stereocenters. The molecular formula is C11H12N2O. The second-order valence-electron chi connectivity index (χ2n) is 3.06. The Kier molecular flexibility index (Phi) is 2.60. The summed E-state index contributed by atoms with van der Waals surface area (Å²) in [5, 5.41) is 8.64. The molecule has 3 nitrogen and oxygen atoms in total. The maximum absolute atomic E-state index is 8.64. The molecule has 3 heteroatoms. The van der Waals surface area contributed by atoms with E-state index in [4.69, 9.17) is 5.11 Å². The molecule has 14 heavy (non-hydrogen) atoms. The number of para-hydroxylation sites is 1. The maximum Gasteiger partial charge on any atom is 0.0954 e. The standard InChI is InChI=1S/C11H12N2O/c14-7-2-1-4-9-5-3-6-10-11(9)13-8-12-10/h1,3-6,8,14H,2,7H2,(H,12,13). The Bertz CT molecular complexity index is 445. The van der Waals surface area contributed by atoms with E-state index in [1.54, 1.807) is 6.33 Å². The highest BCUT2D eigenvalue weighted by molar-refractivity contribution is 5.84. The lowest BCUT2D eigenvalue weighted by Crippen LogP contribution is -1.78. The molecule has 1 aromatic carbocycles. The van der Waals surface area contributed by atoms with Crippen LogP contribution in [0.5, 0.6) is 0 Å². The van der Waals surface area contributed by atoms with Crippen LogP contribution in [0.25, 0.3) is 17.1 Å². The number of nitrogens with one attached hydrogen (secondary N) is 1. The van der Waals surface area contributed by atoms with Gasteiger partial charge in [0.1, 0.15) is 0 Å². The predicted octanol–water partition coefficient (Wildman–Crippen LogP) is 1.96. The van der Waals surface area contributed by atoms with Crippen LogP contribution in [-0.4, -0.2) is 21.7 Å². The lowest BCUT2D eigenvalue weighted by atomic mass is 10.1. The second-order valence-corrected chi connectivity index (χ2v) is 3.06. The molecule has 0 aliphatic rings. The molecule has 2 N–H and O–H groups in total. The molecule has 0 fully saturated rings. The summed E-state index contributed by atoms with van der Waals surface area (Å²) in [6.45, 7) is 0.188. The molecule has 72 valence electrons. The second kappa shape index (κ2) is 4.07. The van der Waals surface area contributed by atoms with Gasteiger partial charge in [-0.25, -0.2) is 4.98 Å². The van der Waals surface area contributed by atoms with Crippen molar-refractivity contribution in [3.8, 4) is 0 Å². The zero-order valence-corrected chi connectivity index (χ0v) is 7.77. The fraction of sp³-hybridized carbons (Fsp3) is 0.182. The van der Waals surface area contributed by atoms with Gasteiger partial charge in [0, 0.05) is 12.2 Å². The molecule has 0 atom stereocenters. The number of imidazole rings is 1. The fourth-order valence-electron chi connectivity index (χ4n) is 1.41. The van der Waals surface area contributed by atoms with E-state index in [1.165, 1.54) is 0 Å². The van der Waals surface area contributed by atoms with E-state index in [9.17, 15) is 0 Å². The smallest absolute Gasteiger partial charge is 0.0954 e. The van der Waals surface area contributed by atoms with Crippen molar-refractivity contribution in [3.05, 3.63) is 36.2 Å². The first-order valence-electron chi connectivity index (χ1n) is 4.61. The summed E-state index contributed by atoms with van der Waals surface area (Å²) in [4.78, 5) is 7.28. The molecule has 0 bridgehead atoms. The van der Waals surface area contributed by atoms with Crippen molar-refractivity contribution < 1.29 is 5.11 Å². The van der Waals surface area contributed by atoms with E-state index in [0.29, 0.717) is 6.42 Å². The summed E-state index contributed by atoms with van der Waals surface area (Å²) >= 11 is 0. The fourth-order valence-corrected chi connectivity index (χ4v) is 1.41. The number of rotatable bonds is 3.